The summed E-state index contributed by atoms with van der Waals surface area (Å²) in [5.74, 6) is 0.616. The standard InChI is InChI=1S/C20H24N2O2S2/c1-16-7-9-19(10-8-16)26(23,24)21-20(25)22-13-11-18(12-14-22)15-17-5-3-2-4-6-17/h2-10,18H,11-15H2,1H3,(H,21,25). The molecule has 1 aliphatic heterocycles. The number of hydrogen-bond donors (Lipinski definition) is 1. The third-order valence-electron chi connectivity index (χ3n) is 4.82. The molecule has 1 fully saturated rings. The van der Waals surface area contributed by atoms with Crippen molar-refractivity contribution in [2.45, 2.75) is 31.1 Å². The predicted octanol–water partition coefficient (Wildman–Crippen LogP) is 3.51. The largest absolute Gasteiger partial charge is 0.348 e. The van der Waals surface area contributed by atoms with Crippen molar-refractivity contribution >= 4 is 27.4 Å². The number of nitrogens with zero attached hydrogens (tertiary/aromatic N) is 1. The molecule has 2 aromatic rings. The maximum atomic E-state index is 12.5. The van der Waals surface area contributed by atoms with Crippen LogP contribution in [0.2, 0.25) is 0 Å². The van der Waals surface area contributed by atoms with Gasteiger partial charge in [-0.1, -0.05) is 48.0 Å². The van der Waals surface area contributed by atoms with Crippen LogP contribution in [0.25, 0.3) is 0 Å². The first-order valence-corrected chi connectivity index (χ1v) is 10.8. The fourth-order valence-corrected chi connectivity index (χ4v) is 4.73. The van der Waals surface area contributed by atoms with Crippen molar-refractivity contribution in [3.8, 4) is 0 Å². The van der Waals surface area contributed by atoms with Crippen molar-refractivity contribution in [3.05, 3.63) is 65.7 Å². The van der Waals surface area contributed by atoms with Crippen LogP contribution in [0.3, 0.4) is 0 Å². The highest BCUT2D eigenvalue weighted by atomic mass is 32.2. The zero-order valence-corrected chi connectivity index (χ0v) is 16.5. The van der Waals surface area contributed by atoms with E-state index in [-0.39, 0.29) is 4.90 Å². The fraction of sp³-hybridized carbons (Fsp3) is 0.350. The van der Waals surface area contributed by atoms with E-state index in [2.05, 4.69) is 29.0 Å². The average Bonchev–Trinajstić information content (AvgIpc) is 2.63. The Bertz CT molecular complexity index is 841. The number of likely N-dealkylation sites (tertiary alicyclic amines) is 1. The van der Waals surface area contributed by atoms with Crippen LogP contribution >= 0.6 is 12.2 Å². The Kier molecular flexibility index (Phi) is 5.94. The average molecular weight is 389 g/mol. The molecule has 0 atom stereocenters. The van der Waals surface area contributed by atoms with Gasteiger partial charge in [0.15, 0.2) is 5.11 Å². The lowest BCUT2D eigenvalue weighted by atomic mass is 9.90. The van der Waals surface area contributed by atoms with E-state index < -0.39 is 10.0 Å². The van der Waals surface area contributed by atoms with Crippen molar-refractivity contribution in [2.24, 2.45) is 5.92 Å². The predicted molar refractivity (Wildman–Crippen MR) is 109 cm³/mol. The summed E-state index contributed by atoms with van der Waals surface area (Å²) in [5, 5.41) is 0.295. The quantitative estimate of drug-likeness (QED) is 0.815. The van der Waals surface area contributed by atoms with Gasteiger partial charge in [-0.25, -0.2) is 8.42 Å². The SMILES string of the molecule is Cc1ccc(S(=O)(=O)NC(=S)N2CCC(Cc3ccccc3)CC2)cc1. The number of benzene rings is 2. The van der Waals surface area contributed by atoms with E-state index in [0.717, 1.165) is 37.9 Å². The van der Waals surface area contributed by atoms with Gasteiger partial charge in [-0.15, -0.1) is 0 Å². The number of sulfonamides is 1. The molecule has 0 unspecified atom stereocenters. The molecule has 138 valence electrons. The number of thiocarbonyl (C=S) groups is 1. The first-order valence-electron chi connectivity index (χ1n) is 8.86. The summed E-state index contributed by atoms with van der Waals surface area (Å²) >= 11 is 5.35. The molecule has 3 rings (SSSR count). The van der Waals surface area contributed by atoms with E-state index >= 15 is 0 Å². The summed E-state index contributed by atoms with van der Waals surface area (Å²) in [7, 11) is -3.62. The van der Waals surface area contributed by atoms with Crippen LogP contribution in [0, 0.1) is 12.8 Å². The minimum absolute atomic E-state index is 0.240. The molecule has 0 bridgehead atoms. The van der Waals surface area contributed by atoms with Crippen LogP contribution < -0.4 is 4.72 Å². The van der Waals surface area contributed by atoms with Gasteiger partial charge >= 0.3 is 0 Å². The Morgan fingerprint density at radius 3 is 2.31 bits per heavy atom. The lowest BCUT2D eigenvalue weighted by Crippen LogP contribution is -2.46. The molecular weight excluding hydrogens is 364 g/mol. The first kappa shape index (κ1) is 18.9. The Morgan fingerprint density at radius 2 is 1.69 bits per heavy atom. The van der Waals surface area contributed by atoms with Gasteiger partial charge in [0.2, 0.25) is 0 Å². The summed E-state index contributed by atoms with van der Waals surface area (Å²) in [6.45, 7) is 3.49. The van der Waals surface area contributed by atoms with Crippen LogP contribution in [0.4, 0.5) is 0 Å². The Morgan fingerprint density at radius 1 is 1.08 bits per heavy atom. The molecule has 4 nitrogen and oxygen atoms in total. The van der Waals surface area contributed by atoms with Crippen molar-refractivity contribution in [3.63, 3.8) is 0 Å². The summed E-state index contributed by atoms with van der Waals surface area (Å²) < 4.78 is 27.5. The number of piperidine rings is 1. The van der Waals surface area contributed by atoms with E-state index in [1.165, 1.54) is 5.56 Å². The number of rotatable bonds is 4. The van der Waals surface area contributed by atoms with Crippen LogP contribution in [-0.2, 0) is 16.4 Å². The van der Waals surface area contributed by atoms with E-state index in [1.54, 1.807) is 24.3 Å². The number of aryl methyl sites for hydroxylation is 1. The molecule has 26 heavy (non-hydrogen) atoms. The first-order chi connectivity index (χ1) is 12.4. The lowest BCUT2D eigenvalue weighted by Gasteiger charge is -2.33. The van der Waals surface area contributed by atoms with Crippen molar-refractivity contribution < 1.29 is 8.42 Å². The second kappa shape index (κ2) is 8.18. The number of nitrogens with one attached hydrogen (secondary N) is 1. The zero-order valence-electron chi connectivity index (χ0n) is 14.9. The highest BCUT2D eigenvalue weighted by Crippen LogP contribution is 2.22. The second-order valence-electron chi connectivity index (χ2n) is 6.84. The maximum Gasteiger partial charge on any atom is 0.263 e. The van der Waals surface area contributed by atoms with Gasteiger partial charge in [-0.05, 0) is 62.0 Å². The van der Waals surface area contributed by atoms with Gasteiger partial charge in [0, 0.05) is 13.1 Å². The third-order valence-corrected chi connectivity index (χ3v) is 6.67. The zero-order chi connectivity index (χ0) is 18.6. The minimum Gasteiger partial charge on any atom is -0.348 e. The molecule has 0 radical (unpaired) electrons. The van der Waals surface area contributed by atoms with Gasteiger partial charge in [0.1, 0.15) is 0 Å². The van der Waals surface area contributed by atoms with E-state index in [1.807, 2.05) is 17.9 Å². The van der Waals surface area contributed by atoms with Crippen molar-refractivity contribution in [1.82, 2.24) is 9.62 Å². The summed E-state index contributed by atoms with van der Waals surface area (Å²) in [5.41, 5.74) is 2.38. The Hall–Kier alpha value is -1.92. The van der Waals surface area contributed by atoms with Gasteiger partial charge in [-0.3, -0.25) is 4.72 Å². The summed E-state index contributed by atoms with van der Waals surface area (Å²) in [6.07, 6.45) is 3.10. The molecule has 0 amide bonds. The molecule has 6 heteroatoms. The molecule has 1 heterocycles. The monoisotopic (exact) mass is 388 g/mol. The Balaban J connectivity index is 1.54. The molecule has 0 aromatic heterocycles. The minimum atomic E-state index is -3.62. The molecule has 0 aliphatic carbocycles. The molecule has 1 aliphatic rings. The van der Waals surface area contributed by atoms with E-state index in [4.69, 9.17) is 12.2 Å². The molecule has 2 aromatic carbocycles. The third kappa shape index (κ3) is 4.83. The smallest absolute Gasteiger partial charge is 0.263 e. The van der Waals surface area contributed by atoms with Gasteiger partial charge in [-0.2, -0.15) is 0 Å². The van der Waals surface area contributed by atoms with Crippen LogP contribution in [0.15, 0.2) is 59.5 Å². The van der Waals surface area contributed by atoms with Crippen LogP contribution in [-0.4, -0.2) is 31.5 Å². The number of hydrogen-bond acceptors (Lipinski definition) is 3. The lowest BCUT2D eigenvalue weighted by molar-refractivity contribution is 0.265. The summed E-state index contributed by atoms with van der Waals surface area (Å²) in [4.78, 5) is 2.20. The summed E-state index contributed by atoms with van der Waals surface area (Å²) in [6, 6.07) is 17.3. The van der Waals surface area contributed by atoms with Gasteiger partial charge in [0.05, 0.1) is 4.90 Å². The topological polar surface area (TPSA) is 49.4 Å². The van der Waals surface area contributed by atoms with Crippen LogP contribution in [0.1, 0.15) is 24.0 Å². The normalized spacial score (nSPS) is 15.7. The maximum absolute atomic E-state index is 12.5. The van der Waals surface area contributed by atoms with Gasteiger partial charge < -0.3 is 4.90 Å². The van der Waals surface area contributed by atoms with E-state index in [0.29, 0.717) is 11.0 Å². The molecule has 1 saturated heterocycles. The molecule has 1 N–H and O–H groups in total. The second-order valence-corrected chi connectivity index (χ2v) is 8.91. The highest BCUT2D eigenvalue weighted by Gasteiger charge is 2.24. The molecule has 0 saturated carbocycles. The molecular formula is C20H24N2O2S2. The fourth-order valence-electron chi connectivity index (χ4n) is 3.24. The van der Waals surface area contributed by atoms with E-state index in [9.17, 15) is 8.42 Å². The highest BCUT2D eigenvalue weighted by molar-refractivity contribution is 7.91. The van der Waals surface area contributed by atoms with Gasteiger partial charge in [0.25, 0.3) is 10.0 Å². The molecule has 0 spiro atoms. The van der Waals surface area contributed by atoms with Crippen molar-refractivity contribution in [2.75, 3.05) is 13.1 Å². The van der Waals surface area contributed by atoms with Crippen molar-refractivity contribution in [1.29, 1.82) is 0 Å². The van der Waals surface area contributed by atoms with Crippen LogP contribution in [0.5, 0.6) is 0 Å². The Labute approximate surface area is 161 Å².